The van der Waals surface area contributed by atoms with Gasteiger partial charge in [0.15, 0.2) is 11.5 Å². The number of unbranched alkanes of at least 4 members (excludes halogenated alkanes) is 1. The van der Waals surface area contributed by atoms with E-state index in [1.807, 2.05) is 60.7 Å². The number of aryl methyl sites for hydroxylation is 1. The number of methoxy groups -OCH3 is 1. The number of rotatable bonds is 27. The Morgan fingerprint density at radius 3 is 1.99 bits per heavy atom. The maximum atomic E-state index is 15.0. The molecule has 1 aromatic heterocycles. The molecular weight excluding hydrogens is 1250 g/mol. The van der Waals surface area contributed by atoms with E-state index in [2.05, 4.69) is 41.3 Å². The number of H-pyrrole nitrogens is 1. The van der Waals surface area contributed by atoms with Gasteiger partial charge >= 0.3 is 18.2 Å². The number of hydrogen-bond acceptors (Lipinski definition) is 16. The molecule has 6 aromatic rings. The Hall–Kier alpha value is -10.2. The van der Waals surface area contributed by atoms with Crippen molar-refractivity contribution < 1.29 is 70.8 Å². The quantitative estimate of drug-likeness (QED) is 0.00895. The molecule has 0 radical (unpaired) electrons. The number of aromatic amines is 1. The van der Waals surface area contributed by atoms with Crippen LogP contribution in [0.15, 0.2) is 137 Å². The summed E-state index contributed by atoms with van der Waals surface area (Å²) in [4.78, 5) is 124. The van der Waals surface area contributed by atoms with E-state index in [-0.39, 0.29) is 81.3 Å². The Kier molecular flexibility index (Phi) is 24.5. The number of amides is 7. The highest BCUT2D eigenvalue weighted by Crippen LogP contribution is 2.43. The fourth-order valence-electron chi connectivity index (χ4n) is 11.3. The third-order valence-corrected chi connectivity index (χ3v) is 17.6. The van der Waals surface area contributed by atoms with Gasteiger partial charge in [-0.2, -0.15) is 0 Å². The number of para-hydroxylation sites is 1. The van der Waals surface area contributed by atoms with E-state index in [0.29, 0.717) is 41.6 Å². The van der Waals surface area contributed by atoms with Gasteiger partial charge in [0.1, 0.15) is 61.1 Å². The van der Waals surface area contributed by atoms with Gasteiger partial charge in [-0.3, -0.25) is 33.9 Å². The summed E-state index contributed by atoms with van der Waals surface area (Å²) < 4.78 is 50.9. The average molecular weight is 1340 g/mol. The lowest BCUT2D eigenvalue weighted by atomic mass is 9.87. The third kappa shape index (κ3) is 19.2. The molecule has 5 aromatic carbocycles. The number of esters is 1. The van der Waals surface area contributed by atoms with Crippen molar-refractivity contribution in [3.8, 4) is 11.5 Å². The molecular formula is C69H85N11O15S. The van der Waals surface area contributed by atoms with Gasteiger partial charge in [-0.1, -0.05) is 103 Å². The summed E-state index contributed by atoms with van der Waals surface area (Å²) in [5.41, 5.74) is 9.85. The highest BCUT2D eigenvalue weighted by atomic mass is 32.2. The van der Waals surface area contributed by atoms with Crippen LogP contribution in [0.4, 0.5) is 9.59 Å². The first kappa shape index (κ1) is 71.7. The first-order chi connectivity index (χ1) is 45.8. The van der Waals surface area contributed by atoms with Crippen LogP contribution < -0.4 is 41.8 Å². The predicted molar refractivity (Wildman–Crippen MR) is 356 cm³/mol. The Labute approximate surface area is 557 Å². The lowest BCUT2D eigenvalue weighted by Crippen LogP contribution is -2.60. The number of fused-ring (bicyclic) bond motifs is 3. The van der Waals surface area contributed by atoms with Crippen LogP contribution in [-0.4, -0.2) is 151 Å². The Morgan fingerprint density at radius 1 is 0.740 bits per heavy atom. The Morgan fingerprint density at radius 2 is 1.34 bits per heavy atom. The Bertz CT molecular complexity index is 3880. The van der Waals surface area contributed by atoms with E-state index in [4.69, 9.17) is 24.7 Å². The van der Waals surface area contributed by atoms with E-state index in [0.717, 1.165) is 22.0 Å². The van der Waals surface area contributed by atoms with Gasteiger partial charge < -0.3 is 66.3 Å². The normalized spacial score (nSPS) is 16.7. The number of benzene rings is 5. The molecule has 10 N–H and O–H groups in total. The molecule has 2 aliphatic rings. The number of guanidine groups is 1. The van der Waals surface area contributed by atoms with E-state index in [1.54, 1.807) is 76.2 Å². The number of sulfonamides is 1. The molecule has 1 saturated heterocycles. The van der Waals surface area contributed by atoms with Crippen LogP contribution in [0, 0.1) is 6.92 Å². The van der Waals surface area contributed by atoms with Crippen LogP contribution in [0.25, 0.3) is 10.9 Å². The molecule has 1 fully saturated rings. The summed E-state index contributed by atoms with van der Waals surface area (Å²) in [5.74, 6) is -4.95. The molecule has 2 aliphatic heterocycles. The van der Waals surface area contributed by atoms with Gasteiger partial charge in [0, 0.05) is 42.7 Å². The smallest absolute Gasteiger partial charge is 0.411 e. The summed E-state index contributed by atoms with van der Waals surface area (Å²) in [6.07, 6.45) is -0.242. The number of carbonyl (C=O) groups excluding carboxylic acids is 8. The third-order valence-electron chi connectivity index (χ3n) is 16.2. The summed E-state index contributed by atoms with van der Waals surface area (Å²) in [6, 6.07) is 27.5. The lowest BCUT2D eigenvalue weighted by Gasteiger charge is -2.42. The number of nitrogens with two attached hydrogens (primary N) is 1. The summed E-state index contributed by atoms with van der Waals surface area (Å²) in [7, 11) is -2.75. The zero-order valence-electron chi connectivity index (χ0n) is 54.8. The van der Waals surface area contributed by atoms with Crippen LogP contribution in [0.2, 0.25) is 0 Å². The van der Waals surface area contributed by atoms with Gasteiger partial charge in [-0.25, -0.2) is 27.5 Å². The maximum absolute atomic E-state index is 15.0. The maximum Gasteiger partial charge on any atom is 0.411 e. The van der Waals surface area contributed by atoms with Crippen molar-refractivity contribution in [2.45, 2.75) is 159 Å². The van der Waals surface area contributed by atoms with Crippen LogP contribution in [0.1, 0.15) is 119 Å². The second kappa shape index (κ2) is 32.8. The number of aromatic nitrogens is 1. The second-order valence-corrected chi connectivity index (χ2v) is 26.4. The van der Waals surface area contributed by atoms with Crippen molar-refractivity contribution in [1.29, 1.82) is 0 Å². The minimum Gasteiger partial charge on any atom is -0.504 e. The number of phenolic OH excluding ortho intramolecular Hbond substituents is 1. The molecule has 0 aliphatic carbocycles. The van der Waals surface area contributed by atoms with E-state index >= 15 is 4.79 Å². The fraction of sp³-hybridized carbons (Fsp3) is 0.406. The molecule has 96 heavy (non-hydrogen) atoms. The van der Waals surface area contributed by atoms with Crippen molar-refractivity contribution >= 4 is 74.6 Å². The number of alkyl carbamates (subject to hydrolysis) is 1. The molecule has 0 bridgehead atoms. The van der Waals surface area contributed by atoms with Crippen molar-refractivity contribution in [2.24, 2.45) is 10.7 Å². The number of nitrogens with zero attached hydrogens (tertiary/aromatic N) is 3. The van der Waals surface area contributed by atoms with Crippen LogP contribution in [0.5, 0.6) is 11.5 Å². The first-order valence-corrected chi connectivity index (χ1v) is 33.3. The molecule has 512 valence electrons. The lowest BCUT2D eigenvalue weighted by molar-refractivity contribution is -0.149. The van der Waals surface area contributed by atoms with Crippen molar-refractivity contribution in [3.63, 3.8) is 0 Å². The molecule has 7 amide bonds. The number of likely N-dealkylation sites (tertiary alicyclic amines) is 1. The van der Waals surface area contributed by atoms with Gasteiger partial charge in [0.2, 0.25) is 35.5 Å². The standard InChI is InChI=1S/C69H85N11O15S/c1-42-29-32-48(33-30-42)96(90,91)78-66(70)71-36-18-27-52(76-60(82)43(2)74-63(85)55-39-50-49-24-14-15-25-51(49)75-58(50)59(80(55)68(89)95-69(4,5)6)47-31-34-56(81)57(38-47)92-7)64(86)79-37-19-28-54(79)62(84)73-44(3)61(83)77-53(65(87)93-40-45-20-10-8-11-21-45)26-16-17-35-72-67(88)94-41-46-22-12-9-13-23-46/h8-15,20-25,29-34,38,43-44,52-55,59,75,81H,16-19,26-28,35-37,39-41H2,1-7H3,(H,72,88)(H,73,84)(H,74,85)(H,76,82)(H,77,83)(H3,70,71,78)/t43-,44-,52-,53-,54-,55-,59+/m0/s1. The summed E-state index contributed by atoms with van der Waals surface area (Å²) in [5, 5.41) is 25.1. The molecule has 27 heteroatoms. The average Bonchev–Trinajstić information content (AvgIpc) is 1.49. The van der Waals surface area contributed by atoms with Crippen LogP contribution >= 0.6 is 0 Å². The zero-order valence-corrected chi connectivity index (χ0v) is 55.7. The molecule has 0 unspecified atom stereocenters. The van der Waals surface area contributed by atoms with Gasteiger partial charge in [0.25, 0.3) is 10.0 Å². The number of phenols is 1. The topological polar surface area (TPSA) is 361 Å². The minimum atomic E-state index is -4.13. The monoisotopic (exact) mass is 1340 g/mol. The molecule has 7 atom stereocenters. The SMILES string of the molecule is COc1cc([C@@H]2c3[nH]c4ccccc4c3C[C@@H](C(=O)N[C@@H](C)C(=O)N[C@@H](CCCN=C(N)NS(=O)(=O)c3ccc(C)cc3)C(=O)N3CCC[C@H]3C(=O)N[C@@H](C)C(=O)N[C@@H](CCCCNC(=O)OCc3ccccc3)C(=O)OCc3ccccc3)N2C(=O)OC(C)(C)C)ccc1O. The Balaban J connectivity index is 0.974. The number of hydrogen-bond donors (Lipinski definition) is 9. The summed E-state index contributed by atoms with van der Waals surface area (Å²) in [6.45, 7) is 9.80. The summed E-state index contributed by atoms with van der Waals surface area (Å²) >= 11 is 0. The number of ether oxygens (including phenoxy) is 4. The van der Waals surface area contributed by atoms with Crippen molar-refractivity contribution in [2.75, 3.05) is 26.7 Å². The first-order valence-electron chi connectivity index (χ1n) is 31.8. The molecule has 3 heterocycles. The van der Waals surface area contributed by atoms with Crippen molar-refractivity contribution in [1.82, 2.24) is 46.1 Å². The number of nitrogens with one attached hydrogen (secondary N) is 7. The number of carbonyl (C=O) groups is 8. The number of aromatic hydroxyl groups is 1. The van der Waals surface area contributed by atoms with Crippen LogP contribution in [-0.2, 0) is 72.6 Å². The largest absolute Gasteiger partial charge is 0.504 e. The minimum absolute atomic E-state index is 0.0301. The molecule has 0 spiro atoms. The van der Waals surface area contributed by atoms with Gasteiger partial charge in [0.05, 0.1) is 12.0 Å². The molecule has 26 nitrogen and oxygen atoms in total. The zero-order chi connectivity index (χ0) is 69.3. The second-order valence-electron chi connectivity index (χ2n) is 24.7. The predicted octanol–water partition coefficient (Wildman–Crippen LogP) is 6.33. The van der Waals surface area contributed by atoms with E-state index in [9.17, 15) is 47.1 Å². The highest BCUT2D eigenvalue weighted by Gasteiger charge is 2.47. The van der Waals surface area contributed by atoms with Gasteiger partial charge in [-0.05, 0) is 139 Å². The van der Waals surface area contributed by atoms with E-state index in [1.165, 1.54) is 49.0 Å². The highest BCUT2D eigenvalue weighted by molar-refractivity contribution is 7.90. The van der Waals surface area contributed by atoms with Crippen LogP contribution in [0.3, 0.4) is 0 Å². The molecule has 8 rings (SSSR count). The van der Waals surface area contributed by atoms with E-state index < -0.39 is 112 Å². The van der Waals surface area contributed by atoms with Crippen molar-refractivity contribution in [3.05, 3.63) is 161 Å². The number of aliphatic imine (C=N–C) groups is 1. The fourth-order valence-corrected chi connectivity index (χ4v) is 12.3. The van der Waals surface area contributed by atoms with Gasteiger partial charge in [-0.15, -0.1) is 0 Å². The molecule has 0 saturated carbocycles.